The van der Waals surface area contributed by atoms with Gasteiger partial charge in [-0.1, -0.05) is 36.4 Å². The van der Waals surface area contributed by atoms with E-state index < -0.39 is 0 Å². The fourth-order valence-corrected chi connectivity index (χ4v) is 3.44. The first-order valence-corrected chi connectivity index (χ1v) is 8.89. The number of ether oxygens (including phenoxy) is 1. The minimum atomic E-state index is 0.215. The van der Waals surface area contributed by atoms with Crippen molar-refractivity contribution in [2.24, 2.45) is 5.73 Å². The molecule has 1 aliphatic rings. The Hall–Kier alpha value is -2.07. The van der Waals surface area contributed by atoms with Crippen LogP contribution in [0.25, 0.3) is 10.8 Å². The molecular formula is C20H26N2O2. The van der Waals surface area contributed by atoms with Crippen LogP contribution < -0.4 is 10.5 Å². The fraction of sp³-hybridized carbons (Fsp3) is 0.450. The van der Waals surface area contributed by atoms with Gasteiger partial charge in [0.15, 0.2) is 0 Å². The van der Waals surface area contributed by atoms with E-state index >= 15 is 0 Å². The maximum absolute atomic E-state index is 12.4. The number of piperidine rings is 1. The van der Waals surface area contributed by atoms with Crippen LogP contribution in [0.15, 0.2) is 42.5 Å². The summed E-state index contributed by atoms with van der Waals surface area (Å²) in [6.07, 6.45) is 4.57. The van der Waals surface area contributed by atoms with Gasteiger partial charge in [0.05, 0.1) is 6.61 Å². The highest BCUT2D eigenvalue weighted by molar-refractivity contribution is 5.88. The molecule has 1 saturated heterocycles. The predicted octanol–water partition coefficient (Wildman–Crippen LogP) is 3.34. The molecule has 3 rings (SSSR count). The molecule has 1 aliphatic heterocycles. The lowest BCUT2D eigenvalue weighted by molar-refractivity contribution is -0.134. The van der Waals surface area contributed by atoms with E-state index in [0.717, 1.165) is 36.9 Å². The molecule has 4 heteroatoms. The number of hydrogen-bond donors (Lipinski definition) is 1. The molecule has 0 bridgehead atoms. The van der Waals surface area contributed by atoms with Crippen molar-refractivity contribution in [2.75, 3.05) is 19.7 Å². The van der Waals surface area contributed by atoms with Crippen LogP contribution >= 0.6 is 0 Å². The quantitative estimate of drug-likeness (QED) is 0.828. The summed E-state index contributed by atoms with van der Waals surface area (Å²) in [5, 5.41) is 2.29. The molecule has 1 atom stereocenters. The Kier molecular flexibility index (Phi) is 5.70. The molecule has 4 nitrogen and oxygen atoms in total. The molecule has 0 saturated carbocycles. The highest BCUT2D eigenvalue weighted by Gasteiger charge is 2.24. The normalized spacial score (nSPS) is 17.9. The monoisotopic (exact) mass is 326 g/mol. The number of rotatable bonds is 6. The molecular weight excluding hydrogens is 300 g/mol. The largest absolute Gasteiger partial charge is 0.493 e. The molecule has 1 unspecified atom stereocenters. The zero-order valence-electron chi connectivity index (χ0n) is 14.1. The number of carbonyl (C=O) groups excluding carboxylic acids is 1. The van der Waals surface area contributed by atoms with Gasteiger partial charge >= 0.3 is 0 Å². The van der Waals surface area contributed by atoms with E-state index in [1.165, 1.54) is 11.8 Å². The first-order valence-electron chi connectivity index (χ1n) is 8.89. The third-order valence-electron chi connectivity index (χ3n) is 4.76. The van der Waals surface area contributed by atoms with E-state index in [1.807, 2.05) is 29.2 Å². The van der Waals surface area contributed by atoms with Crippen LogP contribution in [0, 0.1) is 0 Å². The molecule has 2 aromatic carbocycles. The van der Waals surface area contributed by atoms with Gasteiger partial charge in [-0.2, -0.15) is 0 Å². The summed E-state index contributed by atoms with van der Waals surface area (Å²) in [6, 6.07) is 14.5. The maximum Gasteiger partial charge on any atom is 0.222 e. The zero-order valence-corrected chi connectivity index (χ0v) is 14.1. The first kappa shape index (κ1) is 16.8. The second-order valence-electron chi connectivity index (χ2n) is 6.40. The number of carbonyl (C=O) groups is 1. The van der Waals surface area contributed by atoms with Gasteiger partial charge in [-0.15, -0.1) is 0 Å². The number of nitrogens with zero attached hydrogens (tertiary/aromatic N) is 1. The SMILES string of the molecule is NCC1CCCCN1C(=O)CCCOc1cccc2ccccc12. The van der Waals surface area contributed by atoms with Gasteiger partial charge < -0.3 is 15.4 Å². The molecule has 2 N–H and O–H groups in total. The number of likely N-dealkylation sites (tertiary alicyclic amines) is 1. The van der Waals surface area contributed by atoms with Crippen LogP contribution in [0.4, 0.5) is 0 Å². The molecule has 24 heavy (non-hydrogen) atoms. The second-order valence-corrected chi connectivity index (χ2v) is 6.40. The molecule has 2 aromatic rings. The van der Waals surface area contributed by atoms with E-state index in [0.29, 0.717) is 19.6 Å². The van der Waals surface area contributed by atoms with Crippen LogP contribution in [0.1, 0.15) is 32.1 Å². The van der Waals surface area contributed by atoms with Gasteiger partial charge in [-0.25, -0.2) is 0 Å². The van der Waals surface area contributed by atoms with Crippen LogP contribution in [-0.4, -0.2) is 36.5 Å². The summed E-state index contributed by atoms with van der Waals surface area (Å²) >= 11 is 0. The van der Waals surface area contributed by atoms with Crippen LogP contribution in [0.5, 0.6) is 5.75 Å². The predicted molar refractivity (Wildman–Crippen MR) is 97.1 cm³/mol. The summed E-state index contributed by atoms with van der Waals surface area (Å²) < 4.78 is 5.91. The summed E-state index contributed by atoms with van der Waals surface area (Å²) in [7, 11) is 0. The van der Waals surface area contributed by atoms with Gasteiger partial charge in [-0.05, 0) is 37.1 Å². The van der Waals surface area contributed by atoms with Crippen molar-refractivity contribution < 1.29 is 9.53 Å². The summed E-state index contributed by atoms with van der Waals surface area (Å²) in [5.74, 6) is 1.10. The van der Waals surface area contributed by atoms with Gasteiger partial charge in [-0.3, -0.25) is 4.79 Å². The van der Waals surface area contributed by atoms with Crippen LogP contribution in [-0.2, 0) is 4.79 Å². The lowest BCUT2D eigenvalue weighted by Gasteiger charge is -2.35. The minimum absolute atomic E-state index is 0.215. The van der Waals surface area contributed by atoms with E-state index in [-0.39, 0.29) is 11.9 Å². The standard InChI is InChI=1S/C20H26N2O2/c21-15-17-9-3-4-13-22(17)20(23)12-6-14-24-19-11-5-8-16-7-1-2-10-18(16)19/h1-2,5,7-8,10-11,17H,3-4,6,9,12-15,21H2. The number of amides is 1. The number of benzene rings is 2. The molecule has 128 valence electrons. The summed E-state index contributed by atoms with van der Waals surface area (Å²) in [4.78, 5) is 14.4. The van der Waals surface area contributed by atoms with Crippen molar-refractivity contribution in [1.29, 1.82) is 0 Å². The van der Waals surface area contributed by atoms with Gasteiger partial charge in [0.2, 0.25) is 5.91 Å². The Morgan fingerprint density at radius 1 is 1.17 bits per heavy atom. The average Bonchev–Trinajstić information content (AvgIpc) is 2.65. The molecule has 0 aromatic heterocycles. The molecule has 0 radical (unpaired) electrons. The Bertz CT molecular complexity index is 681. The smallest absolute Gasteiger partial charge is 0.222 e. The maximum atomic E-state index is 12.4. The van der Waals surface area contributed by atoms with E-state index in [9.17, 15) is 4.79 Å². The molecule has 1 fully saturated rings. The molecule has 1 heterocycles. The van der Waals surface area contributed by atoms with Crippen molar-refractivity contribution in [3.63, 3.8) is 0 Å². The first-order chi connectivity index (χ1) is 11.8. The van der Waals surface area contributed by atoms with E-state index in [4.69, 9.17) is 10.5 Å². The topological polar surface area (TPSA) is 55.6 Å². The second kappa shape index (κ2) is 8.15. The van der Waals surface area contributed by atoms with Crippen LogP contribution in [0.2, 0.25) is 0 Å². The van der Waals surface area contributed by atoms with E-state index in [2.05, 4.69) is 18.2 Å². The van der Waals surface area contributed by atoms with Gasteiger partial charge in [0.25, 0.3) is 0 Å². The Labute approximate surface area is 143 Å². The average molecular weight is 326 g/mol. The summed E-state index contributed by atoms with van der Waals surface area (Å²) in [6.45, 7) is 1.98. The Morgan fingerprint density at radius 3 is 2.88 bits per heavy atom. The number of fused-ring (bicyclic) bond motifs is 1. The Balaban J connectivity index is 1.50. The van der Waals surface area contributed by atoms with Gasteiger partial charge in [0.1, 0.15) is 5.75 Å². The number of nitrogens with two attached hydrogens (primary N) is 1. The third-order valence-corrected chi connectivity index (χ3v) is 4.76. The summed E-state index contributed by atoms with van der Waals surface area (Å²) in [5.41, 5.74) is 5.80. The third kappa shape index (κ3) is 3.88. The van der Waals surface area contributed by atoms with Crippen molar-refractivity contribution in [3.05, 3.63) is 42.5 Å². The van der Waals surface area contributed by atoms with Crippen molar-refractivity contribution >= 4 is 16.7 Å². The lowest BCUT2D eigenvalue weighted by atomic mass is 10.0. The molecule has 1 amide bonds. The Morgan fingerprint density at radius 2 is 2.00 bits per heavy atom. The molecule has 0 spiro atoms. The number of hydrogen-bond acceptors (Lipinski definition) is 3. The molecule has 0 aliphatic carbocycles. The minimum Gasteiger partial charge on any atom is -0.493 e. The van der Waals surface area contributed by atoms with E-state index in [1.54, 1.807) is 0 Å². The fourth-order valence-electron chi connectivity index (χ4n) is 3.44. The highest BCUT2D eigenvalue weighted by atomic mass is 16.5. The van der Waals surface area contributed by atoms with Gasteiger partial charge in [0, 0.05) is 30.9 Å². The zero-order chi connectivity index (χ0) is 16.8. The van der Waals surface area contributed by atoms with Crippen molar-refractivity contribution in [1.82, 2.24) is 4.90 Å². The van der Waals surface area contributed by atoms with Crippen LogP contribution in [0.3, 0.4) is 0 Å². The lowest BCUT2D eigenvalue weighted by Crippen LogP contribution is -2.47. The van der Waals surface area contributed by atoms with Crippen molar-refractivity contribution in [2.45, 2.75) is 38.1 Å². The van der Waals surface area contributed by atoms with Crippen molar-refractivity contribution in [3.8, 4) is 5.75 Å². The highest BCUT2D eigenvalue weighted by Crippen LogP contribution is 2.25.